The van der Waals surface area contributed by atoms with Gasteiger partial charge >= 0.3 is 0 Å². The van der Waals surface area contributed by atoms with Crippen molar-refractivity contribution >= 4 is 46.0 Å². The average Bonchev–Trinajstić information content (AvgIpc) is 3.46. The van der Waals surface area contributed by atoms with Crippen molar-refractivity contribution in [3.05, 3.63) is 38.3 Å². The number of nitro groups is 1. The summed E-state index contributed by atoms with van der Waals surface area (Å²) in [4.78, 5) is 28.6. The number of amides is 1. The van der Waals surface area contributed by atoms with Gasteiger partial charge in [0.25, 0.3) is 5.69 Å². The van der Waals surface area contributed by atoms with Gasteiger partial charge in [0.1, 0.15) is 0 Å². The van der Waals surface area contributed by atoms with E-state index in [2.05, 4.69) is 14.9 Å². The molecule has 0 spiro atoms. The molecule has 9 nitrogen and oxygen atoms in total. The van der Waals surface area contributed by atoms with Crippen LogP contribution in [-0.4, -0.2) is 57.7 Å². The number of benzene rings is 1. The molecule has 1 aromatic heterocycles. The second kappa shape index (κ2) is 8.17. The number of anilines is 2. The van der Waals surface area contributed by atoms with Gasteiger partial charge in [0, 0.05) is 57.0 Å². The van der Waals surface area contributed by atoms with Crippen LogP contribution in [0.4, 0.5) is 16.5 Å². The maximum absolute atomic E-state index is 12.0. The molecule has 1 aliphatic carbocycles. The molecule has 1 saturated carbocycles. The highest BCUT2D eigenvalue weighted by Crippen LogP contribution is 2.33. The summed E-state index contributed by atoms with van der Waals surface area (Å²) in [6, 6.07) is 6.94. The summed E-state index contributed by atoms with van der Waals surface area (Å²) in [7, 11) is 0. The minimum absolute atomic E-state index is 0.0140. The number of non-ortho nitro benzene ring substituents is 1. The molecule has 11 heteroatoms. The van der Waals surface area contributed by atoms with Crippen molar-refractivity contribution in [3.8, 4) is 0 Å². The highest BCUT2D eigenvalue weighted by atomic mass is 32.1. The molecule has 154 valence electrons. The second-order valence-electron chi connectivity index (χ2n) is 7.29. The summed E-state index contributed by atoms with van der Waals surface area (Å²) in [6.07, 6.45) is 2.05. The van der Waals surface area contributed by atoms with E-state index in [-0.39, 0.29) is 22.6 Å². The Morgan fingerprint density at radius 1 is 1.28 bits per heavy atom. The zero-order valence-corrected chi connectivity index (χ0v) is 17.7. The van der Waals surface area contributed by atoms with Crippen LogP contribution in [-0.2, 0) is 11.5 Å². The third kappa shape index (κ3) is 4.46. The number of nitrogens with zero attached hydrogens (tertiary/aromatic N) is 6. The van der Waals surface area contributed by atoms with Crippen LogP contribution >= 0.6 is 23.6 Å². The van der Waals surface area contributed by atoms with Crippen molar-refractivity contribution in [3.63, 3.8) is 0 Å². The lowest BCUT2D eigenvalue weighted by atomic mass is 10.2. The summed E-state index contributed by atoms with van der Waals surface area (Å²) >= 11 is 6.86. The molecule has 1 saturated heterocycles. The third-order valence-electron chi connectivity index (χ3n) is 5.18. The van der Waals surface area contributed by atoms with Crippen LogP contribution in [0.2, 0.25) is 0 Å². The topological polar surface area (TPSA) is 87.8 Å². The molecule has 29 heavy (non-hydrogen) atoms. The van der Waals surface area contributed by atoms with E-state index in [1.54, 1.807) is 40.8 Å². The van der Waals surface area contributed by atoms with Gasteiger partial charge in [-0.3, -0.25) is 24.7 Å². The summed E-state index contributed by atoms with van der Waals surface area (Å²) in [5.41, 5.74) is 1.09. The van der Waals surface area contributed by atoms with Gasteiger partial charge in [-0.25, -0.2) is 4.68 Å². The molecule has 0 atom stereocenters. The first-order chi connectivity index (χ1) is 13.9. The van der Waals surface area contributed by atoms with Crippen LogP contribution in [0.1, 0.15) is 19.8 Å². The van der Waals surface area contributed by atoms with Crippen molar-refractivity contribution in [2.24, 2.45) is 0 Å². The first kappa shape index (κ1) is 19.9. The predicted octanol–water partition coefficient (Wildman–Crippen LogP) is 2.88. The molecule has 2 aromatic rings. The Hall–Kier alpha value is -2.37. The van der Waals surface area contributed by atoms with Crippen LogP contribution < -0.4 is 9.80 Å². The Morgan fingerprint density at radius 3 is 2.48 bits per heavy atom. The molecule has 0 unspecified atom stereocenters. The van der Waals surface area contributed by atoms with Crippen LogP contribution in [0, 0.1) is 14.1 Å². The maximum Gasteiger partial charge on any atom is 0.269 e. The van der Waals surface area contributed by atoms with E-state index in [1.165, 1.54) is 11.3 Å². The van der Waals surface area contributed by atoms with E-state index in [1.807, 2.05) is 0 Å². The average molecular weight is 435 g/mol. The number of aromatic nitrogens is 2. The highest BCUT2D eigenvalue weighted by molar-refractivity contribution is 7.73. The van der Waals surface area contributed by atoms with Crippen molar-refractivity contribution in [2.75, 3.05) is 36.0 Å². The fourth-order valence-electron chi connectivity index (χ4n) is 3.48. The van der Waals surface area contributed by atoms with E-state index in [9.17, 15) is 14.9 Å². The van der Waals surface area contributed by atoms with Gasteiger partial charge in [-0.1, -0.05) is 11.3 Å². The van der Waals surface area contributed by atoms with Crippen LogP contribution in [0.5, 0.6) is 0 Å². The Morgan fingerprint density at radius 2 is 1.93 bits per heavy atom. The molecule has 0 bridgehead atoms. The zero-order valence-electron chi connectivity index (χ0n) is 16.1. The number of carbonyl (C=O) groups excluding carboxylic acids is 1. The van der Waals surface area contributed by atoms with Crippen LogP contribution in [0.15, 0.2) is 24.3 Å². The van der Waals surface area contributed by atoms with E-state index in [0.29, 0.717) is 15.8 Å². The van der Waals surface area contributed by atoms with Crippen LogP contribution in [0.25, 0.3) is 0 Å². The number of nitro benzene ring substituents is 1. The Kier molecular flexibility index (Phi) is 5.61. The van der Waals surface area contributed by atoms with Gasteiger partial charge in [-0.15, -0.1) is 5.10 Å². The molecular weight excluding hydrogens is 412 g/mol. The minimum atomic E-state index is -0.385. The zero-order chi connectivity index (χ0) is 20.5. The predicted molar refractivity (Wildman–Crippen MR) is 114 cm³/mol. The SMILES string of the molecule is CC(=O)N(c1nn(CN2CCN(c3ccc([N+](=O)[O-])cc3)CC2)c(=S)s1)C1CC1. The Labute approximate surface area is 177 Å². The lowest BCUT2D eigenvalue weighted by molar-refractivity contribution is -0.384. The Bertz CT molecular complexity index is 961. The lowest BCUT2D eigenvalue weighted by Gasteiger charge is -2.35. The molecule has 2 heterocycles. The number of rotatable bonds is 6. The normalized spacial score (nSPS) is 17.3. The molecule has 0 radical (unpaired) electrons. The van der Waals surface area contributed by atoms with Gasteiger partial charge in [-0.05, 0) is 37.2 Å². The molecule has 4 rings (SSSR count). The molecule has 1 aliphatic heterocycles. The van der Waals surface area contributed by atoms with Gasteiger partial charge in [-0.2, -0.15) is 0 Å². The van der Waals surface area contributed by atoms with Crippen LogP contribution in [0.3, 0.4) is 0 Å². The molecule has 2 fully saturated rings. The highest BCUT2D eigenvalue weighted by Gasteiger charge is 2.34. The molecule has 2 aliphatic rings. The smallest absolute Gasteiger partial charge is 0.269 e. The minimum Gasteiger partial charge on any atom is -0.369 e. The van der Waals surface area contributed by atoms with Crippen molar-refractivity contribution in [1.82, 2.24) is 14.7 Å². The quantitative estimate of drug-likeness (QED) is 0.392. The number of hydrogen-bond acceptors (Lipinski definition) is 8. The van der Waals surface area contributed by atoms with Crippen molar-refractivity contribution in [2.45, 2.75) is 32.5 Å². The molecule has 0 N–H and O–H groups in total. The first-order valence-electron chi connectivity index (χ1n) is 9.52. The van der Waals surface area contributed by atoms with E-state index in [4.69, 9.17) is 12.2 Å². The van der Waals surface area contributed by atoms with E-state index >= 15 is 0 Å². The number of piperazine rings is 1. The van der Waals surface area contributed by atoms with Gasteiger partial charge < -0.3 is 4.90 Å². The fraction of sp³-hybridized carbons (Fsp3) is 0.500. The number of carbonyl (C=O) groups is 1. The standard InChI is InChI=1S/C18H22N6O3S2/c1-13(25)23(15-4-5-15)17-19-22(18(28)29-17)12-20-8-10-21(11-9-20)14-2-6-16(7-3-14)24(26)27/h2-3,6-7,15H,4-5,8-12H2,1H3. The Balaban J connectivity index is 1.37. The molecule has 1 aromatic carbocycles. The van der Waals surface area contributed by atoms with Gasteiger partial charge in [0.2, 0.25) is 11.0 Å². The molecule has 1 amide bonds. The summed E-state index contributed by atoms with van der Waals surface area (Å²) in [6.45, 7) is 5.49. The second-order valence-corrected chi connectivity index (χ2v) is 8.89. The molecular formula is C18H22N6O3S2. The first-order valence-corrected chi connectivity index (χ1v) is 10.7. The van der Waals surface area contributed by atoms with Crippen molar-refractivity contribution in [1.29, 1.82) is 0 Å². The fourth-order valence-corrected chi connectivity index (χ4v) is 4.68. The number of hydrogen-bond donors (Lipinski definition) is 0. The lowest BCUT2D eigenvalue weighted by Crippen LogP contribution is -2.47. The summed E-state index contributed by atoms with van der Waals surface area (Å²) in [5.74, 6) is 0.0140. The monoisotopic (exact) mass is 434 g/mol. The maximum atomic E-state index is 12.0. The summed E-state index contributed by atoms with van der Waals surface area (Å²) in [5, 5.41) is 16.1. The third-order valence-corrected chi connectivity index (χ3v) is 6.49. The van der Waals surface area contributed by atoms with Gasteiger partial charge in [0.05, 0.1) is 11.6 Å². The van der Waals surface area contributed by atoms with Gasteiger partial charge in [0.15, 0.2) is 3.95 Å². The van der Waals surface area contributed by atoms with Crippen molar-refractivity contribution < 1.29 is 9.72 Å². The van der Waals surface area contributed by atoms with E-state index in [0.717, 1.165) is 44.7 Å². The summed E-state index contributed by atoms with van der Waals surface area (Å²) < 4.78 is 2.47. The largest absolute Gasteiger partial charge is 0.369 e. The van der Waals surface area contributed by atoms with E-state index < -0.39 is 0 Å².